The first-order valence-electron chi connectivity index (χ1n) is 9.77. The van der Waals surface area contributed by atoms with Crippen molar-refractivity contribution in [1.29, 1.82) is 0 Å². The van der Waals surface area contributed by atoms with Crippen molar-refractivity contribution >= 4 is 53.1 Å². The molecular weight excluding hydrogens is 491 g/mol. The van der Waals surface area contributed by atoms with Gasteiger partial charge in [0.2, 0.25) is 5.91 Å². The molecule has 0 bridgehead atoms. The smallest absolute Gasteiger partial charge is 0.224 e. The standard InChI is InChI=1S/C20H33ClN4O2.HI/c1-3-6-16(12-14-26)15-24-20(22-4-2)23-13-5-7-19(27)25-18-10-8-17(21)9-11-18;/h8-11,16,26H,3-7,12-15H2,1-2H3,(H,25,27)(H2,22,23,24);1H. The van der Waals surface area contributed by atoms with Crippen molar-refractivity contribution in [1.82, 2.24) is 10.6 Å². The molecule has 28 heavy (non-hydrogen) atoms. The van der Waals surface area contributed by atoms with Gasteiger partial charge < -0.3 is 21.1 Å². The lowest BCUT2D eigenvalue weighted by Crippen LogP contribution is -2.38. The lowest BCUT2D eigenvalue weighted by Gasteiger charge is -2.15. The summed E-state index contributed by atoms with van der Waals surface area (Å²) >= 11 is 5.84. The Balaban J connectivity index is 0.00000729. The SMILES string of the molecule is CCCC(CCO)CN=C(NCC)NCCCC(=O)Nc1ccc(Cl)cc1.I. The summed E-state index contributed by atoms with van der Waals surface area (Å²) in [6, 6.07) is 7.07. The maximum atomic E-state index is 12.0. The third-order valence-electron chi connectivity index (χ3n) is 4.09. The number of amides is 1. The van der Waals surface area contributed by atoms with Gasteiger partial charge in [-0.1, -0.05) is 24.9 Å². The molecule has 1 aromatic rings. The second-order valence-corrected chi connectivity index (χ2v) is 6.91. The molecule has 1 atom stereocenters. The van der Waals surface area contributed by atoms with Gasteiger partial charge in [0.05, 0.1) is 0 Å². The minimum absolute atomic E-state index is 0. The molecule has 0 fully saturated rings. The highest BCUT2D eigenvalue weighted by atomic mass is 127. The van der Waals surface area contributed by atoms with E-state index in [9.17, 15) is 4.79 Å². The Morgan fingerprint density at radius 2 is 1.89 bits per heavy atom. The predicted octanol–water partition coefficient (Wildman–Crippen LogP) is 4.03. The molecule has 0 saturated heterocycles. The van der Waals surface area contributed by atoms with E-state index in [2.05, 4.69) is 27.9 Å². The third kappa shape index (κ3) is 12.4. The number of nitrogens with zero attached hydrogens (tertiary/aromatic N) is 1. The van der Waals surface area contributed by atoms with Gasteiger partial charge in [-0.05, 0) is 56.4 Å². The number of hydrogen-bond acceptors (Lipinski definition) is 3. The fourth-order valence-electron chi connectivity index (χ4n) is 2.69. The van der Waals surface area contributed by atoms with Crippen LogP contribution in [0.25, 0.3) is 0 Å². The Hall–Kier alpha value is -1.06. The van der Waals surface area contributed by atoms with Gasteiger partial charge in [-0.2, -0.15) is 0 Å². The summed E-state index contributed by atoms with van der Waals surface area (Å²) in [5.74, 6) is 1.14. The third-order valence-corrected chi connectivity index (χ3v) is 4.34. The minimum Gasteiger partial charge on any atom is -0.396 e. The normalized spacial score (nSPS) is 12.1. The molecule has 0 radical (unpaired) electrons. The van der Waals surface area contributed by atoms with E-state index in [0.717, 1.165) is 37.5 Å². The number of benzene rings is 1. The number of aliphatic imine (C=N–C) groups is 1. The zero-order valence-electron chi connectivity index (χ0n) is 16.8. The van der Waals surface area contributed by atoms with Gasteiger partial charge in [0, 0.05) is 43.4 Å². The fourth-order valence-corrected chi connectivity index (χ4v) is 2.82. The molecule has 8 heteroatoms. The topological polar surface area (TPSA) is 85.8 Å². The summed E-state index contributed by atoms with van der Waals surface area (Å²) in [4.78, 5) is 16.6. The van der Waals surface area contributed by atoms with E-state index >= 15 is 0 Å². The molecule has 160 valence electrons. The van der Waals surface area contributed by atoms with Crippen molar-refractivity contribution < 1.29 is 9.90 Å². The molecule has 1 amide bonds. The van der Waals surface area contributed by atoms with Crippen molar-refractivity contribution in [2.45, 2.75) is 46.0 Å². The van der Waals surface area contributed by atoms with Crippen LogP contribution in [0.1, 0.15) is 46.0 Å². The van der Waals surface area contributed by atoms with Crippen LogP contribution in [0.3, 0.4) is 0 Å². The summed E-state index contributed by atoms with van der Waals surface area (Å²) in [5.41, 5.74) is 0.748. The Morgan fingerprint density at radius 1 is 1.18 bits per heavy atom. The number of hydrogen-bond donors (Lipinski definition) is 4. The van der Waals surface area contributed by atoms with E-state index in [1.807, 2.05) is 6.92 Å². The fraction of sp³-hybridized carbons (Fsp3) is 0.600. The summed E-state index contributed by atoms with van der Waals surface area (Å²) < 4.78 is 0. The number of rotatable bonds is 12. The number of aliphatic hydroxyl groups excluding tert-OH is 1. The summed E-state index contributed by atoms with van der Waals surface area (Å²) in [6.45, 7) is 6.51. The Morgan fingerprint density at radius 3 is 2.50 bits per heavy atom. The summed E-state index contributed by atoms with van der Waals surface area (Å²) in [5, 5.41) is 19.1. The largest absolute Gasteiger partial charge is 0.396 e. The van der Waals surface area contributed by atoms with Crippen LogP contribution in [-0.4, -0.2) is 43.2 Å². The maximum absolute atomic E-state index is 12.0. The molecule has 6 nitrogen and oxygen atoms in total. The highest BCUT2D eigenvalue weighted by molar-refractivity contribution is 14.0. The lowest BCUT2D eigenvalue weighted by atomic mass is 10.0. The lowest BCUT2D eigenvalue weighted by molar-refractivity contribution is -0.116. The van der Waals surface area contributed by atoms with Crippen LogP contribution in [0, 0.1) is 5.92 Å². The number of nitrogens with one attached hydrogen (secondary N) is 3. The van der Waals surface area contributed by atoms with Crippen LogP contribution >= 0.6 is 35.6 Å². The van der Waals surface area contributed by atoms with Crippen LogP contribution in [0.4, 0.5) is 5.69 Å². The van der Waals surface area contributed by atoms with Crippen LogP contribution < -0.4 is 16.0 Å². The molecule has 0 aliphatic carbocycles. The molecule has 1 rings (SSSR count). The Labute approximate surface area is 190 Å². The van der Waals surface area contributed by atoms with Gasteiger partial charge in [-0.3, -0.25) is 9.79 Å². The molecule has 0 spiro atoms. The van der Waals surface area contributed by atoms with Gasteiger partial charge in [0.25, 0.3) is 0 Å². The van der Waals surface area contributed by atoms with Crippen LogP contribution in [-0.2, 0) is 4.79 Å². The number of guanidine groups is 1. The molecule has 0 aliphatic heterocycles. The van der Waals surface area contributed by atoms with Gasteiger partial charge in [-0.25, -0.2) is 0 Å². The average molecular weight is 525 g/mol. The summed E-state index contributed by atoms with van der Waals surface area (Å²) in [6.07, 6.45) is 4.07. The molecule has 1 unspecified atom stereocenters. The first-order chi connectivity index (χ1) is 13.1. The zero-order chi connectivity index (χ0) is 19.9. The maximum Gasteiger partial charge on any atom is 0.224 e. The minimum atomic E-state index is -0.0213. The highest BCUT2D eigenvalue weighted by Crippen LogP contribution is 2.13. The van der Waals surface area contributed by atoms with Gasteiger partial charge in [0.15, 0.2) is 5.96 Å². The van der Waals surface area contributed by atoms with Crippen LogP contribution in [0.15, 0.2) is 29.3 Å². The molecule has 0 saturated carbocycles. The predicted molar refractivity (Wildman–Crippen MR) is 129 cm³/mol. The van der Waals surface area contributed by atoms with E-state index in [-0.39, 0.29) is 36.5 Å². The van der Waals surface area contributed by atoms with Crippen LogP contribution in [0.2, 0.25) is 5.02 Å². The van der Waals surface area contributed by atoms with Crippen molar-refractivity contribution in [3.63, 3.8) is 0 Å². The van der Waals surface area contributed by atoms with Gasteiger partial charge >= 0.3 is 0 Å². The molecule has 0 aliphatic rings. The zero-order valence-corrected chi connectivity index (χ0v) is 19.9. The molecule has 0 heterocycles. The molecule has 4 N–H and O–H groups in total. The first kappa shape index (κ1) is 26.9. The number of halogens is 2. The van der Waals surface area contributed by atoms with E-state index in [4.69, 9.17) is 16.7 Å². The molecular formula is C20H34ClIN4O2. The molecule has 0 aromatic heterocycles. The highest BCUT2D eigenvalue weighted by Gasteiger charge is 2.07. The van der Waals surface area contributed by atoms with Crippen molar-refractivity contribution in [3.8, 4) is 0 Å². The number of aliphatic hydroxyl groups is 1. The molecule has 1 aromatic carbocycles. The second-order valence-electron chi connectivity index (χ2n) is 6.47. The number of carbonyl (C=O) groups excluding carboxylic acids is 1. The number of anilines is 1. The Bertz CT molecular complexity index is 564. The van der Waals surface area contributed by atoms with Crippen molar-refractivity contribution in [2.24, 2.45) is 10.9 Å². The first-order valence-corrected chi connectivity index (χ1v) is 10.1. The van der Waals surface area contributed by atoms with Gasteiger partial charge in [0.1, 0.15) is 0 Å². The van der Waals surface area contributed by atoms with Crippen molar-refractivity contribution in [3.05, 3.63) is 29.3 Å². The Kier molecular flexibility index (Phi) is 16.2. The second kappa shape index (κ2) is 16.9. The average Bonchev–Trinajstić information content (AvgIpc) is 2.65. The quantitative estimate of drug-likeness (QED) is 0.144. The monoisotopic (exact) mass is 524 g/mol. The van der Waals surface area contributed by atoms with E-state index < -0.39 is 0 Å². The van der Waals surface area contributed by atoms with Crippen molar-refractivity contribution in [2.75, 3.05) is 31.6 Å². The summed E-state index contributed by atoms with van der Waals surface area (Å²) in [7, 11) is 0. The van der Waals surface area contributed by atoms with Crippen LogP contribution in [0.5, 0.6) is 0 Å². The number of carbonyl (C=O) groups is 1. The van der Waals surface area contributed by atoms with E-state index in [0.29, 0.717) is 36.9 Å². The van der Waals surface area contributed by atoms with E-state index in [1.165, 1.54) is 0 Å². The van der Waals surface area contributed by atoms with Gasteiger partial charge in [-0.15, -0.1) is 24.0 Å². The van der Waals surface area contributed by atoms with E-state index in [1.54, 1.807) is 24.3 Å².